The number of nitrogens with zero attached hydrogens (tertiary/aromatic N) is 1. The highest BCUT2D eigenvalue weighted by atomic mass is 16.7. The lowest BCUT2D eigenvalue weighted by atomic mass is 9.85. The lowest BCUT2D eigenvalue weighted by Gasteiger charge is -2.47. The van der Waals surface area contributed by atoms with Crippen LogP contribution in [0.5, 0.6) is 0 Å². The number of hydrogen-bond donors (Lipinski definition) is 0. The number of carbonyl (C=O) groups excluding carboxylic acids is 1. The Kier molecular flexibility index (Phi) is 4.72. The van der Waals surface area contributed by atoms with E-state index in [0.717, 1.165) is 13.0 Å². The molecule has 2 aliphatic heterocycles. The van der Waals surface area contributed by atoms with E-state index in [0.29, 0.717) is 13.2 Å². The number of hydrogen-bond acceptors (Lipinski definition) is 4. The molecule has 0 radical (unpaired) electrons. The molecule has 3 atom stereocenters. The van der Waals surface area contributed by atoms with Gasteiger partial charge in [0.05, 0.1) is 17.7 Å². The van der Waals surface area contributed by atoms with Gasteiger partial charge in [-0.05, 0) is 41.0 Å². The van der Waals surface area contributed by atoms with Crippen LogP contribution < -0.4 is 0 Å². The maximum absolute atomic E-state index is 12.3. The van der Waals surface area contributed by atoms with Crippen molar-refractivity contribution in [2.45, 2.75) is 65.1 Å². The molecule has 2 fully saturated rings. The van der Waals surface area contributed by atoms with Crippen LogP contribution in [-0.4, -0.2) is 54.6 Å². The summed E-state index contributed by atoms with van der Waals surface area (Å²) in [6.45, 7) is 11.9. The van der Waals surface area contributed by atoms with Crippen molar-refractivity contribution in [1.29, 1.82) is 0 Å². The topological polar surface area (TPSA) is 48.0 Å². The molecule has 1 amide bonds. The second-order valence-electron chi connectivity index (χ2n) is 6.38. The lowest BCUT2D eigenvalue weighted by Crippen LogP contribution is -2.65. The van der Waals surface area contributed by atoms with Crippen molar-refractivity contribution in [2.24, 2.45) is 5.92 Å². The normalized spacial score (nSPS) is 29.8. The molecule has 2 rings (SSSR count). The first-order valence-electron chi connectivity index (χ1n) is 7.60. The van der Waals surface area contributed by atoms with E-state index < -0.39 is 6.29 Å². The summed E-state index contributed by atoms with van der Waals surface area (Å²) in [6, 6.07) is 0.102. The maximum atomic E-state index is 12.3. The largest absolute Gasteiger partial charge is 0.370 e. The number of fused-ring (bicyclic) bond motifs is 1. The molecule has 0 aromatic heterocycles. The van der Waals surface area contributed by atoms with Crippen LogP contribution in [0.3, 0.4) is 0 Å². The van der Waals surface area contributed by atoms with Crippen LogP contribution >= 0.6 is 0 Å². The van der Waals surface area contributed by atoms with Gasteiger partial charge >= 0.3 is 0 Å². The van der Waals surface area contributed by atoms with Crippen molar-refractivity contribution < 1.29 is 19.0 Å². The molecular weight excluding hydrogens is 258 g/mol. The molecule has 0 aliphatic carbocycles. The highest BCUT2D eigenvalue weighted by Gasteiger charge is 2.59. The zero-order valence-corrected chi connectivity index (χ0v) is 13.2. The molecule has 20 heavy (non-hydrogen) atoms. The molecule has 116 valence electrons. The van der Waals surface area contributed by atoms with Crippen LogP contribution in [0.2, 0.25) is 0 Å². The second-order valence-corrected chi connectivity index (χ2v) is 6.38. The summed E-state index contributed by atoms with van der Waals surface area (Å²) in [5, 5.41) is 0. The minimum atomic E-state index is -0.442. The number of carbonyl (C=O) groups is 1. The molecule has 0 saturated carbocycles. The smallest absolute Gasteiger partial charge is 0.233 e. The van der Waals surface area contributed by atoms with Gasteiger partial charge in [-0.15, -0.1) is 0 Å². The minimum Gasteiger partial charge on any atom is -0.370 e. The van der Waals surface area contributed by atoms with Crippen molar-refractivity contribution in [1.82, 2.24) is 4.90 Å². The highest BCUT2D eigenvalue weighted by molar-refractivity contribution is 5.87. The van der Waals surface area contributed by atoms with Gasteiger partial charge in [0.15, 0.2) is 6.29 Å². The fraction of sp³-hybridized carbons (Fsp3) is 0.933. The molecule has 0 unspecified atom stereocenters. The van der Waals surface area contributed by atoms with Gasteiger partial charge in [0.25, 0.3) is 0 Å². The molecule has 2 aliphatic rings. The highest BCUT2D eigenvalue weighted by Crippen LogP contribution is 2.41. The Morgan fingerprint density at radius 1 is 1.25 bits per heavy atom. The summed E-state index contributed by atoms with van der Waals surface area (Å²) < 4.78 is 17.3. The van der Waals surface area contributed by atoms with Gasteiger partial charge < -0.3 is 19.1 Å². The SMILES string of the molecule is CCOC(OCC)[C@@H]1C(=O)N2CC[C@H](OC(C)(C)C)[C@@H]12. The first-order chi connectivity index (χ1) is 9.39. The number of β-lactam (4-membered cyclic amide) rings is 1. The van der Waals surface area contributed by atoms with E-state index in [1.54, 1.807) is 0 Å². The van der Waals surface area contributed by atoms with Crippen molar-refractivity contribution >= 4 is 5.91 Å². The summed E-state index contributed by atoms with van der Waals surface area (Å²) >= 11 is 0. The van der Waals surface area contributed by atoms with E-state index in [2.05, 4.69) is 0 Å². The Morgan fingerprint density at radius 2 is 1.85 bits per heavy atom. The first-order valence-corrected chi connectivity index (χ1v) is 7.60. The van der Waals surface area contributed by atoms with E-state index >= 15 is 0 Å². The van der Waals surface area contributed by atoms with Crippen LogP contribution in [0.1, 0.15) is 41.0 Å². The van der Waals surface area contributed by atoms with Gasteiger partial charge in [-0.1, -0.05) is 0 Å². The van der Waals surface area contributed by atoms with Gasteiger partial charge in [-0.2, -0.15) is 0 Å². The predicted molar refractivity (Wildman–Crippen MR) is 75.3 cm³/mol. The molecule has 5 nitrogen and oxygen atoms in total. The molecule has 0 aromatic carbocycles. The van der Waals surface area contributed by atoms with E-state index in [9.17, 15) is 4.79 Å². The van der Waals surface area contributed by atoms with Gasteiger partial charge in [-0.3, -0.25) is 4.79 Å². The third-order valence-corrected chi connectivity index (χ3v) is 3.79. The summed E-state index contributed by atoms with van der Waals surface area (Å²) in [5.41, 5.74) is -0.198. The van der Waals surface area contributed by atoms with Crippen LogP contribution in [0.4, 0.5) is 0 Å². The number of rotatable bonds is 6. The Labute approximate surface area is 121 Å². The molecule has 0 spiro atoms. The second kappa shape index (κ2) is 6.00. The molecular formula is C15H27NO4. The van der Waals surface area contributed by atoms with Crippen molar-refractivity contribution in [2.75, 3.05) is 19.8 Å². The van der Waals surface area contributed by atoms with Crippen molar-refractivity contribution in [3.05, 3.63) is 0 Å². The van der Waals surface area contributed by atoms with E-state index in [-0.39, 0.29) is 29.6 Å². The third-order valence-electron chi connectivity index (χ3n) is 3.79. The zero-order chi connectivity index (χ0) is 14.9. The van der Waals surface area contributed by atoms with Gasteiger partial charge in [-0.25, -0.2) is 0 Å². The van der Waals surface area contributed by atoms with Crippen LogP contribution in [0, 0.1) is 5.92 Å². The van der Waals surface area contributed by atoms with Crippen LogP contribution in [0.15, 0.2) is 0 Å². The fourth-order valence-corrected chi connectivity index (χ4v) is 3.17. The molecule has 0 N–H and O–H groups in total. The van der Waals surface area contributed by atoms with E-state index in [1.165, 1.54) is 0 Å². The number of ether oxygens (including phenoxy) is 3. The summed E-state index contributed by atoms with van der Waals surface area (Å²) in [6.07, 6.45) is 0.541. The Morgan fingerprint density at radius 3 is 2.35 bits per heavy atom. The lowest BCUT2D eigenvalue weighted by molar-refractivity contribution is -0.221. The monoisotopic (exact) mass is 285 g/mol. The molecule has 2 saturated heterocycles. The van der Waals surface area contributed by atoms with Crippen molar-refractivity contribution in [3.8, 4) is 0 Å². The summed E-state index contributed by atoms with van der Waals surface area (Å²) in [5.74, 6) is -0.0772. The predicted octanol–water partition coefficient (Wildman–Crippen LogP) is 1.80. The van der Waals surface area contributed by atoms with Gasteiger partial charge in [0, 0.05) is 19.8 Å². The van der Waals surface area contributed by atoms with Crippen molar-refractivity contribution in [3.63, 3.8) is 0 Å². The summed E-state index contributed by atoms with van der Waals surface area (Å²) in [4.78, 5) is 14.2. The molecule has 0 aromatic rings. The van der Waals surface area contributed by atoms with Gasteiger partial charge in [0.1, 0.15) is 5.92 Å². The Balaban J connectivity index is 2.07. The van der Waals surface area contributed by atoms with Crippen LogP contribution in [-0.2, 0) is 19.0 Å². The fourth-order valence-electron chi connectivity index (χ4n) is 3.17. The molecule has 5 heteroatoms. The third kappa shape index (κ3) is 3.00. The van der Waals surface area contributed by atoms with E-state index in [1.807, 2.05) is 39.5 Å². The first kappa shape index (κ1) is 15.7. The Hall–Kier alpha value is -0.650. The standard InChI is InChI=1S/C15H27NO4/c1-6-18-14(19-7-2)11-12-10(20-15(3,4)5)8-9-16(12)13(11)17/h10-12,14H,6-9H2,1-5H3/t10-,11-,12-/m0/s1. The molecule has 2 heterocycles. The zero-order valence-electron chi connectivity index (χ0n) is 13.2. The van der Waals surface area contributed by atoms with Crippen LogP contribution in [0.25, 0.3) is 0 Å². The average molecular weight is 285 g/mol. The minimum absolute atomic E-state index is 0.0844. The van der Waals surface area contributed by atoms with Gasteiger partial charge in [0.2, 0.25) is 5.91 Å². The summed E-state index contributed by atoms with van der Waals surface area (Å²) in [7, 11) is 0. The Bertz CT molecular complexity index is 346. The maximum Gasteiger partial charge on any atom is 0.233 e. The average Bonchev–Trinajstić information content (AvgIpc) is 2.66. The quantitative estimate of drug-likeness (QED) is 0.551. The van der Waals surface area contributed by atoms with E-state index in [4.69, 9.17) is 14.2 Å². The molecule has 0 bridgehead atoms. The number of amides is 1.